The predicted octanol–water partition coefficient (Wildman–Crippen LogP) is 17.6. The van der Waals surface area contributed by atoms with Crippen LogP contribution in [0.25, 0.3) is 0 Å². The second-order valence-electron chi connectivity index (χ2n) is 23.1. The molecular weight excluding hydrogens is 911 g/mol. The maximum absolute atomic E-state index is 12.9. The van der Waals surface area contributed by atoms with Crippen LogP contribution in [-0.2, 0) is 33.3 Å². The zero-order valence-corrected chi connectivity index (χ0v) is 49.3. The number of unbranched alkanes of at least 4 members (excludes halogenated alkanes) is 43. The largest absolute Gasteiger partial charge is 0.545 e. The van der Waals surface area contributed by atoms with Crippen molar-refractivity contribution in [3.8, 4) is 0 Å². The molecule has 0 amide bonds. The van der Waals surface area contributed by atoms with Crippen LogP contribution in [0.4, 0.5) is 0 Å². The van der Waals surface area contributed by atoms with Crippen LogP contribution in [0.1, 0.15) is 322 Å². The lowest BCUT2D eigenvalue weighted by atomic mass is 10.0. The number of rotatable bonds is 60. The lowest BCUT2D eigenvalue weighted by Gasteiger charge is -2.26. The summed E-state index contributed by atoms with van der Waals surface area (Å²) >= 11 is 0. The third-order valence-corrected chi connectivity index (χ3v) is 14.5. The molecular formula is C64H123NO8. The summed E-state index contributed by atoms with van der Waals surface area (Å²) in [5, 5.41) is 11.8. The Morgan fingerprint density at radius 3 is 1.01 bits per heavy atom. The summed E-state index contributed by atoms with van der Waals surface area (Å²) in [6.07, 6.45) is 62.9. The van der Waals surface area contributed by atoms with E-state index in [-0.39, 0.29) is 32.2 Å². The van der Waals surface area contributed by atoms with Crippen molar-refractivity contribution in [3.05, 3.63) is 12.2 Å². The summed E-state index contributed by atoms with van der Waals surface area (Å²) in [4.78, 5) is 37.3. The van der Waals surface area contributed by atoms with Gasteiger partial charge in [-0.2, -0.15) is 0 Å². The van der Waals surface area contributed by atoms with Crippen molar-refractivity contribution in [2.45, 2.75) is 334 Å². The molecule has 73 heavy (non-hydrogen) atoms. The van der Waals surface area contributed by atoms with Crippen molar-refractivity contribution in [2.75, 3.05) is 47.5 Å². The third-order valence-electron chi connectivity index (χ3n) is 14.5. The van der Waals surface area contributed by atoms with Crippen LogP contribution < -0.4 is 5.11 Å². The minimum absolute atomic E-state index is 0.152. The highest BCUT2D eigenvalue weighted by atomic mass is 16.7. The van der Waals surface area contributed by atoms with Crippen LogP contribution in [0.3, 0.4) is 0 Å². The Balaban J connectivity index is 4.02. The molecule has 0 aliphatic heterocycles. The molecule has 0 heterocycles. The number of nitrogens with zero attached hydrogens (tertiary/aromatic N) is 1. The first-order chi connectivity index (χ1) is 35.6. The average molecular weight is 1030 g/mol. The van der Waals surface area contributed by atoms with Gasteiger partial charge in [0.2, 0.25) is 0 Å². The Hall–Kier alpha value is -1.97. The van der Waals surface area contributed by atoms with Crippen molar-refractivity contribution in [1.82, 2.24) is 0 Å². The van der Waals surface area contributed by atoms with Crippen LogP contribution in [0.15, 0.2) is 12.2 Å². The quantitative estimate of drug-likeness (QED) is 0.0195. The van der Waals surface area contributed by atoms with Gasteiger partial charge >= 0.3 is 11.9 Å². The number of carbonyl (C=O) groups is 3. The van der Waals surface area contributed by atoms with Gasteiger partial charge < -0.3 is 33.3 Å². The Morgan fingerprint density at radius 2 is 0.699 bits per heavy atom. The summed E-state index contributed by atoms with van der Waals surface area (Å²) in [5.74, 6) is -2.25. The van der Waals surface area contributed by atoms with Gasteiger partial charge in [-0.15, -0.1) is 0 Å². The molecule has 0 radical (unpaired) electrons. The molecule has 0 aliphatic rings. The molecule has 0 saturated heterocycles. The number of allylic oxidation sites excluding steroid dienone is 2. The zero-order chi connectivity index (χ0) is 53.4. The van der Waals surface area contributed by atoms with Crippen LogP contribution in [0, 0.1) is 0 Å². The molecule has 9 nitrogen and oxygen atoms in total. The number of carboxylic acids is 1. The van der Waals surface area contributed by atoms with E-state index in [2.05, 4.69) is 26.0 Å². The number of likely N-dealkylation sites (N-methyl/N-ethyl adjacent to an activating group) is 1. The molecule has 9 heteroatoms. The number of quaternary nitrogens is 1. The number of carboxylic acid groups (broad SMARTS) is 1. The van der Waals surface area contributed by atoms with Crippen LogP contribution in [-0.4, -0.2) is 82.3 Å². The monoisotopic (exact) mass is 1030 g/mol. The second kappa shape index (κ2) is 56.2. The van der Waals surface area contributed by atoms with Crippen molar-refractivity contribution in [2.24, 2.45) is 0 Å². The summed E-state index contributed by atoms with van der Waals surface area (Å²) in [6, 6.07) is 0. The van der Waals surface area contributed by atoms with Gasteiger partial charge in [0.25, 0.3) is 0 Å². The lowest BCUT2D eigenvalue weighted by molar-refractivity contribution is -0.870. The molecule has 2 atom stereocenters. The van der Waals surface area contributed by atoms with Gasteiger partial charge in [-0.25, -0.2) is 0 Å². The number of esters is 2. The summed E-state index contributed by atoms with van der Waals surface area (Å²) < 4.78 is 22.7. The van der Waals surface area contributed by atoms with Gasteiger partial charge in [0.05, 0.1) is 40.3 Å². The smallest absolute Gasteiger partial charge is 0.306 e. The molecule has 0 aromatic rings. The molecule has 0 saturated carbocycles. The van der Waals surface area contributed by atoms with Crippen molar-refractivity contribution in [1.29, 1.82) is 0 Å². The van der Waals surface area contributed by atoms with Crippen molar-refractivity contribution >= 4 is 17.9 Å². The van der Waals surface area contributed by atoms with E-state index in [1.54, 1.807) is 0 Å². The summed E-state index contributed by atoms with van der Waals surface area (Å²) in [5.41, 5.74) is 0. The maximum Gasteiger partial charge on any atom is 0.306 e. The Kier molecular flexibility index (Phi) is 54.7. The highest BCUT2D eigenvalue weighted by Crippen LogP contribution is 2.18. The molecule has 0 aromatic carbocycles. The molecule has 432 valence electrons. The fourth-order valence-corrected chi connectivity index (χ4v) is 9.59. The fraction of sp³-hybridized carbons (Fsp3) is 0.922. The van der Waals surface area contributed by atoms with Crippen molar-refractivity contribution in [3.63, 3.8) is 0 Å². The van der Waals surface area contributed by atoms with Gasteiger partial charge in [0, 0.05) is 12.8 Å². The van der Waals surface area contributed by atoms with Crippen molar-refractivity contribution < 1.29 is 42.9 Å². The molecule has 0 rings (SSSR count). The molecule has 0 spiro atoms. The Labute approximate surface area is 453 Å². The predicted molar refractivity (Wildman–Crippen MR) is 307 cm³/mol. The standard InChI is InChI=1S/C64H123NO8/c1-6-8-10-12-14-16-18-20-22-23-24-25-26-27-28-29-30-31-32-33-34-35-36-37-38-39-41-43-45-47-49-51-53-55-62(67)73-60(59-72-64(63(68)69)70-57-56-65(3,4)5)58-71-61(66)54-52-50-48-46-44-42-40-21-19-17-15-13-11-9-7-2/h23-24,60,64H,6-22,25-59H2,1-5H3/b24-23-. The molecule has 2 unspecified atom stereocenters. The molecule has 0 aliphatic carbocycles. The van der Waals surface area contributed by atoms with E-state index in [1.807, 2.05) is 21.1 Å². The first-order valence-electron chi connectivity index (χ1n) is 31.8. The first kappa shape index (κ1) is 71.0. The highest BCUT2D eigenvalue weighted by molar-refractivity contribution is 5.70. The maximum atomic E-state index is 12.9. The minimum atomic E-state index is -1.62. The Morgan fingerprint density at radius 1 is 0.397 bits per heavy atom. The second-order valence-corrected chi connectivity index (χ2v) is 23.1. The fourth-order valence-electron chi connectivity index (χ4n) is 9.59. The normalized spacial score (nSPS) is 12.7. The van der Waals surface area contributed by atoms with E-state index < -0.39 is 24.3 Å². The molecule has 0 N–H and O–H groups in total. The van der Waals surface area contributed by atoms with E-state index in [0.29, 0.717) is 17.4 Å². The van der Waals surface area contributed by atoms with Crippen LogP contribution in [0.5, 0.6) is 0 Å². The minimum Gasteiger partial charge on any atom is -0.545 e. The number of hydrogen-bond acceptors (Lipinski definition) is 8. The first-order valence-corrected chi connectivity index (χ1v) is 31.8. The molecule has 0 fully saturated rings. The Bertz CT molecular complexity index is 1200. The van der Waals surface area contributed by atoms with E-state index in [1.165, 1.54) is 257 Å². The van der Waals surface area contributed by atoms with E-state index in [9.17, 15) is 19.5 Å². The topological polar surface area (TPSA) is 111 Å². The SMILES string of the molecule is CCCCCCCCCC/C=C\CCCCCCCCCCCCCCCCCCCCCCCC(=O)OC(COC(=O)CCCCCCCCCCCCCCCCC)COC(OCC[N+](C)(C)C)C(=O)[O-]. The number of aliphatic carboxylic acids is 1. The van der Waals surface area contributed by atoms with Gasteiger partial charge in [-0.3, -0.25) is 9.59 Å². The van der Waals surface area contributed by atoms with Gasteiger partial charge in [0.1, 0.15) is 13.2 Å². The number of ether oxygens (including phenoxy) is 4. The van der Waals surface area contributed by atoms with Gasteiger partial charge in [-0.1, -0.05) is 283 Å². The van der Waals surface area contributed by atoms with Crippen LogP contribution in [0.2, 0.25) is 0 Å². The van der Waals surface area contributed by atoms with E-state index in [0.717, 1.165) is 38.5 Å². The lowest BCUT2D eigenvalue weighted by Crippen LogP contribution is -2.44. The van der Waals surface area contributed by atoms with E-state index in [4.69, 9.17) is 18.9 Å². The third kappa shape index (κ3) is 57.6. The summed E-state index contributed by atoms with van der Waals surface area (Å²) in [7, 11) is 5.94. The number of carbonyl (C=O) groups excluding carboxylic acids is 3. The van der Waals surface area contributed by atoms with Crippen LogP contribution >= 0.6 is 0 Å². The average Bonchev–Trinajstić information content (AvgIpc) is 3.36. The zero-order valence-electron chi connectivity index (χ0n) is 49.3. The molecule has 0 bridgehead atoms. The molecule has 0 aromatic heterocycles. The summed E-state index contributed by atoms with van der Waals surface area (Å²) in [6.45, 7) is 4.81. The highest BCUT2D eigenvalue weighted by Gasteiger charge is 2.22. The van der Waals surface area contributed by atoms with Gasteiger partial charge in [-0.05, 0) is 38.5 Å². The number of hydrogen-bond donors (Lipinski definition) is 0. The van der Waals surface area contributed by atoms with Gasteiger partial charge in [0.15, 0.2) is 12.4 Å². The van der Waals surface area contributed by atoms with E-state index >= 15 is 0 Å².